The minimum absolute atomic E-state index is 0.0444. The molecule has 0 saturated heterocycles. The molecule has 7 nitrogen and oxygen atoms in total. The maximum atomic E-state index is 13.6. The van der Waals surface area contributed by atoms with Gasteiger partial charge in [-0.15, -0.1) is 11.8 Å². The van der Waals surface area contributed by atoms with Crippen molar-refractivity contribution >= 4 is 57.7 Å². The van der Waals surface area contributed by atoms with Crippen molar-refractivity contribution < 1.29 is 9.59 Å². The second-order valence-corrected chi connectivity index (χ2v) is 12.8. The number of thioether (sulfide) groups is 1. The van der Waals surface area contributed by atoms with E-state index in [0.29, 0.717) is 16.5 Å². The summed E-state index contributed by atoms with van der Waals surface area (Å²) in [6, 6.07) is 23.2. The largest absolute Gasteiger partial charge is 0.362 e. The average molecular weight is 602 g/mol. The Hall–Kier alpha value is -3.62. The number of ketones is 1. The minimum Gasteiger partial charge on any atom is -0.362 e. The Morgan fingerprint density at radius 2 is 1.60 bits per heavy atom. The van der Waals surface area contributed by atoms with E-state index >= 15 is 0 Å². The second-order valence-electron chi connectivity index (χ2n) is 11.0. The van der Waals surface area contributed by atoms with Crippen LogP contribution in [0.5, 0.6) is 0 Å². The lowest BCUT2D eigenvalue weighted by molar-refractivity contribution is -0.121. The van der Waals surface area contributed by atoms with Gasteiger partial charge >= 0.3 is 0 Å². The third kappa shape index (κ3) is 7.61. The normalized spacial score (nSPS) is 17.4. The van der Waals surface area contributed by atoms with Crippen molar-refractivity contribution in [2.75, 3.05) is 24.3 Å². The predicted octanol–water partition coefficient (Wildman–Crippen LogP) is 6.93. The lowest BCUT2D eigenvalue weighted by Crippen LogP contribution is -2.44. The fraction of sp³-hybridized carbons (Fsp3) is 0.333. The van der Waals surface area contributed by atoms with Crippen molar-refractivity contribution in [3.05, 3.63) is 88.9 Å². The number of anilines is 2. The van der Waals surface area contributed by atoms with Crippen LogP contribution < -0.4 is 15.5 Å². The molecule has 4 aromatic rings. The van der Waals surface area contributed by atoms with Gasteiger partial charge in [-0.3, -0.25) is 9.59 Å². The number of aryl methyl sites for hydroxylation is 1. The zero-order chi connectivity index (χ0) is 29.6. The summed E-state index contributed by atoms with van der Waals surface area (Å²) in [7, 11) is 3.97. The molecule has 1 aliphatic rings. The molecule has 0 spiro atoms. The molecule has 3 aromatic carbocycles. The molecule has 0 radical (unpaired) electrons. The fourth-order valence-corrected chi connectivity index (χ4v) is 6.37. The number of halogens is 1. The van der Waals surface area contributed by atoms with Crippen molar-refractivity contribution in [3.8, 4) is 0 Å². The first-order chi connectivity index (χ1) is 20.2. The SMILES string of the molecule is Cc1ccc(C(=O)CC(Sc2ccc(Cl)cc2)C(=O)N[C@H]2CC[C@@H](Nc3nc(N(C)C)c4ccccc4n3)CC2)cc1. The molecule has 5 rings (SSSR count). The lowest BCUT2D eigenvalue weighted by atomic mass is 9.91. The first-order valence-electron chi connectivity index (χ1n) is 14.3. The van der Waals surface area contributed by atoms with Gasteiger partial charge in [-0.25, -0.2) is 4.98 Å². The van der Waals surface area contributed by atoms with Crippen molar-refractivity contribution in [3.63, 3.8) is 0 Å². The number of Topliss-reactive ketones (excluding diaryl/α,β-unsaturated/α-hetero) is 1. The molecule has 9 heteroatoms. The number of fused-ring (bicyclic) bond motifs is 1. The molecule has 0 bridgehead atoms. The molecule has 218 valence electrons. The second kappa shape index (κ2) is 13.6. The summed E-state index contributed by atoms with van der Waals surface area (Å²) in [5.41, 5.74) is 2.62. The van der Waals surface area contributed by atoms with E-state index in [1.807, 2.05) is 86.6 Å². The highest BCUT2D eigenvalue weighted by Crippen LogP contribution is 2.30. The highest BCUT2D eigenvalue weighted by Gasteiger charge is 2.29. The smallest absolute Gasteiger partial charge is 0.234 e. The first-order valence-corrected chi connectivity index (χ1v) is 15.5. The summed E-state index contributed by atoms with van der Waals surface area (Å²) in [5, 5.41) is 7.88. The van der Waals surface area contributed by atoms with Gasteiger partial charge in [-0.1, -0.05) is 53.6 Å². The summed E-state index contributed by atoms with van der Waals surface area (Å²) >= 11 is 7.47. The van der Waals surface area contributed by atoms with Gasteiger partial charge in [0.1, 0.15) is 5.82 Å². The fourth-order valence-electron chi connectivity index (χ4n) is 5.22. The number of nitrogens with zero attached hydrogens (tertiary/aromatic N) is 3. The number of benzene rings is 3. The van der Waals surface area contributed by atoms with Crippen molar-refractivity contribution in [2.45, 2.75) is 61.3 Å². The van der Waals surface area contributed by atoms with E-state index in [9.17, 15) is 9.59 Å². The molecule has 1 amide bonds. The van der Waals surface area contributed by atoms with E-state index in [4.69, 9.17) is 21.6 Å². The molecule has 1 aromatic heterocycles. The van der Waals surface area contributed by atoms with E-state index in [2.05, 4.69) is 10.6 Å². The Bertz CT molecular complexity index is 1540. The Morgan fingerprint density at radius 3 is 2.29 bits per heavy atom. The number of carbonyl (C=O) groups excluding carboxylic acids is 2. The third-order valence-corrected chi connectivity index (χ3v) is 9.00. The highest BCUT2D eigenvalue weighted by molar-refractivity contribution is 8.00. The van der Waals surface area contributed by atoms with Gasteiger partial charge in [0.15, 0.2) is 5.78 Å². The van der Waals surface area contributed by atoms with Crippen molar-refractivity contribution in [1.29, 1.82) is 0 Å². The van der Waals surface area contributed by atoms with Gasteiger partial charge in [0.25, 0.3) is 0 Å². The summed E-state index contributed by atoms with van der Waals surface area (Å²) < 4.78 is 0. The van der Waals surface area contributed by atoms with Gasteiger partial charge in [0.05, 0.1) is 10.8 Å². The van der Waals surface area contributed by atoms with Gasteiger partial charge in [0.2, 0.25) is 11.9 Å². The van der Waals surface area contributed by atoms with Crippen LogP contribution in [0.4, 0.5) is 11.8 Å². The molecule has 1 atom stereocenters. The number of hydrogen-bond donors (Lipinski definition) is 2. The maximum Gasteiger partial charge on any atom is 0.234 e. The molecular formula is C33H36ClN5O2S. The first kappa shape index (κ1) is 29.9. The topological polar surface area (TPSA) is 87.2 Å². The van der Waals surface area contributed by atoms with Crippen LogP contribution in [-0.2, 0) is 4.79 Å². The van der Waals surface area contributed by atoms with Crippen LogP contribution in [0.2, 0.25) is 5.02 Å². The van der Waals surface area contributed by atoms with Crippen LogP contribution >= 0.6 is 23.4 Å². The summed E-state index contributed by atoms with van der Waals surface area (Å²) in [6.07, 6.45) is 3.56. The zero-order valence-corrected chi connectivity index (χ0v) is 25.7. The van der Waals surface area contributed by atoms with Gasteiger partial charge < -0.3 is 15.5 Å². The Kier molecular flexibility index (Phi) is 9.65. The number of hydrogen-bond acceptors (Lipinski definition) is 7. The number of rotatable bonds is 10. The Morgan fingerprint density at radius 1 is 0.929 bits per heavy atom. The summed E-state index contributed by atoms with van der Waals surface area (Å²) in [6.45, 7) is 1.99. The Balaban J connectivity index is 1.21. The van der Waals surface area contributed by atoms with Gasteiger partial charge in [-0.2, -0.15) is 4.98 Å². The molecule has 1 heterocycles. The quantitative estimate of drug-likeness (QED) is 0.150. The number of carbonyl (C=O) groups is 2. The molecule has 1 fully saturated rings. The van der Waals surface area contributed by atoms with E-state index in [1.165, 1.54) is 11.8 Å². The molecule has 1 unspecified atom stereocenters. The molecule has 42 heavy (non-hydrogen) atoms. The zero-order valence-electron chi connectivity index (χ0n) is 24.1. The number of aromatic nitrogens is 2. The van der Waals surface area contributed by atoms with Crippen LogP contribution in [-0.4, -0.2) is 53.1 Å². The monoisotopic (exact) mass is 601 g/mol. The van der Waals surface area contributed by atoms with Crippen LogP contribution in [0, 0.1) is 6.92 Å². The molecule has 1 saturated carbocycles. The minimum atomic E-state index is -0.550. The standard InChI is InChI=1S/C33H36ClN5O2S/c1-21-8-10-22(11-9-21)29(40)20-30(42-26-18-12-23(34)13-19-26)32(41)35-24-14-16-25(17-15-24)36-33-37-28-7-5-4-6-27(28)31(38-33)39(2)3/h4-13,18-19,24-25,30H,14-17,20H2,1-3H3,(H,35,41)(H,36,37,38)/t24-,25+,30?. The van der Waals surface area contributed by atoms with E-state index < -0.39 is 5.25 Å². The van der Waals surface area contributed by atoms with Crippen LogP contribution in [0.25, 0.3) is 10.9 Å². The Labute approximate surface area is 256 Å². The predicted molar refractivity (Wildman–Crippen MR) is 173 cm³/mol. The summed E-state index contributed by atoms with van der Waals surface area (Å²) in [5.74, 6) is 1.35. The highest BCUT2D eigenvalue weighted by atomic mass is 35.5. The third-order valence-electron chi connectivity index (χ3n) is 7.54. The lowest BCUT2D eigenvalue weighted by Gasteiger charge is -2.31. The van der Waals surface area contributed by atoms with Crippen molar-refractivity contribution in [2.24, 2.45) is 0 Å². The van der Waals surface area contributed by atoms with Crippen LogP contribution in [0.3, 0.4) is 0 Å². The van der Waals surface area contributed by atoms with Gasteiger partial charge in [-0.05, 0) is 69.0 Å². The number of nitrogens with one attached hydrogen (secondary N) is 2. The van der Waals surface area contributed by atoms with Crippen molar-refractivity contribution in [1.82, 2.24) is 15.3 Å². The number of amides is 1. The molecule has 2 N–H and O–H groups in total. The average Bonchev–Trinajstić information content (AvgIpc) is 2.98. The van der Waals surface area contributed by atoms with Crippen LogP contribution in [0.15, 0.2) is 77.7 Å². The molecular weight excluding hydrogens is 566 g/mol. The molecule has 0 aliphatic heterocycles. The van der Waals surface area contributed by atoms with Gasteiger partial charge in [0, 0.05) is 53.5 Å². The molecule has 1 aliphatic carbocycles. The van der Waals surface area contributed by atoms with E-state index in [0.717, 1.165) is 52.9 Å². The summed E-state index contributed by atoms with van der Waals surface area (Å²) in [4.78, 5) is 39.1. The van der Waals surface area contributed by atoms with E-state index in [-0.39, 0.29) is 30.2 Å². The van der Waals surface area contributed by atoms with E-state index in [1.54, 1.807) is 12.1 Å². The maximum absolute atomic E-state index is 13.6. The van der Waals surface area contributed by atoms with Crippen LogP contribution in [0.1, 0.15) is 48.0 Å². The number of para-hydroxylation sites is 1.